The number of unbranched alkanes of at least 4 members (excludes halogenated alkanes) is 8. The number of aliphatic hydroxyl groups excluding tert-OH is 1. The fourth-order valence-corrected chi connectivity index (χ4v) is 10.7. The van der Waals surface area contributed by atoms with E-state index in [4.69, 9.17) is 37.0 Å². The smallest absolute Gasteiger partial charge is 0.462 e. The lowest BCUT2D eigenvalue weighted by molar-refractivity contribution is -0.161. The molecule has 594 valence electrons. The summed E-state index contributed by atoms with van der Waals surface area (Å²) in [5.41, 5.74) is 0. The molecule has 0 saturated carbocycles. The number of aliphatic hydroxyl groups is 1. The molecule has 17 nitrogen and oxygen atoms in total. The molecule has 0 aliphatic carbocycles. The van der Waals surface area contributed by atoms with Gasteiger partial charge in [-0.05, 0) is 173 Å². The van der Waals surface area contributed by atoms with Crippen molar-refractivity contribution in [2.45, 2.75) is 264 Å². The zero-order chi connectivity index (χ0) is 77.4. The van der Waals surface area contributed by atoms with Crippen LogP contribution in [0.5, 0.6) is 0 Å². The Morgan fingerprint density at radius 2 is 0.491 bits per heavy atom. The van der Waals surface area contributed by atoms with Gasteiger partial charge in [0.1, 0.15) is 19.3 Å². The average Bonchev–Trinajstić information content (AvgIpc) is 0.909. The van der Waals surface area contributed by atoms with Crippen molar-refractivity contribution in [3.05, 3.63) is 219 Å². The first-order valence-corrected chi connectivity index (χ1v) is 42.0. The molecule has 0 aromatic rings. The van der Waals surface area contributed by atoms with E-state index in [1.807, 2.05) is 36.5 Å². The van der Waals surface area contributed by atoms with Crippen molar-refractivity contribution < 1.29 is 80.2 Å². The first-order chi connectivity index (χ1) is 51.7. The molecule has 0 spiro atoms. The van der Waals surface area contributed by atoms with Crippen LogP contribution in [0.1, 0.15) is 246 Å². The molecular weight excluding hydrogens is 1380 g/mol. The monoisotopic (exact) mass is 1510 g/mol. The van der Waals surface area contributed by atoms with Gasteiger partial charge in [-0.3, -0.25) is 37.3 Å². The summed E-state index contributed by atoms with van der Waals surface area (Å²) in [5.74, 6) is -2.44. The quantitative estimate of drug-likeness (QED) is 0.0169. The molecule has 0 aliphatic heterocycles. The van der Waals surface area contributed by atoms with Crippen LogP contribution in [-0.2, 0) is 65.4 Å². The van der Waals surface area contributed by atoms with Gasteiger partial charge in [0.2, 0.25) is 0 Å². The lowest BCUT2D eigenvalue weighted by atomic mass is 10.1. The van der Waals surface area contributed by atoms with Gasteiger partial charge in [-0.1, -0.05) is 266 Å². The predicted molar refractivity (Wildman–Crippen MR) is 435 cm³/mol. The Bertz CT molecular complexity index is 2880. The van der Waals surface area contributed by atoms with Crippen LogP contribution in [-0.4, -0.2) is 96.7 Å². The van der Waals surface area contributed by atoms with Gasteiger partial charge in [0.25, 0.3) is 0 Å². The average molecular weight is 1510 g/mol. The van der Waals surface area contributed by atoms with Gasteiger partial charge in [0.05, 0.1) is 26.4 Å². The number of carbonyl (C=O) groups is 4. The van der Waals surface area contributed by atoms with E-state index in [0.29, 0.717) is 44.9 Å². The maximum Gasteiger partial charge on any atom is 0.472 e. The van der Waals surface area contributed by atoms with Crippen LogP contribution in [0.25, 0.3) is 0 Å². The summed E-state index contributed by atoms with van der Waals surface area (Å²) in [6, 6.07) is 0. The van der Waals surface area contributed by atoms with E-state index in [1.54, 1.807) is 0 Å². The summed E-state index contributed by atoms with van der Waals surface area (Å²) in [7, 11) is -10.0. The number of allylic oxidation sites excluding steroid dienone is 36. The molecule has 0 aliphatic rings. The molecule has 106 heavy (non-hydrogen) atoms. The molecule has 3 N–H and O–H groups in total. The number of phosphoric acid groups is 2. The van der Waals surface area contributed by atoms with E-state index >= 15 is 0 Å². The zero-order valence-electron chi connectivity index (χ0n) is 64.8. The van der Waals surface area contributed by atoms with Crippen LogP contribution in [0.2, 0.25) is 0 Å². The predicted octanol–water partition coefficient (Wildman–Crippen LogP) is 22.9. The molecule has 5 unspecified atom stereocenters. The van der Waals surface area contributed by atoms with Crippen LogP contribution in [0.4, 0.5) is 0 Å². The summed E-state index contributed by atoms with van der Waals surface area (Å²) in [6.45, 7) is 4.14. The van der Waals surface area contributed by atoms with Crippen molar-refractivity contribution in [3.63, 3.8) is 0 Å². The van der Waals surface area contributed by atoms with Gasteiger partial charge in [-0.15, -0.1) is 0 Å². The number of hydrogen-bond acceptors (Lipinski definition) is 15. The van der Waals surface area contributed by atoms with Crippen LogP contribution in [0, 0.1) is 0 Å². The van der Waals surface area contributed by atoms with Gasteiger partial charge in [-0.2, -0.15) is 0 Å². The lowest BCUT2D eigenvalue weighted by Crippen LogP contribution is -2.30. The fourth-order valence-electron chi connectivity index (χ4n) is 9.17. The van der Waals surface area contributed by atoms with E-state index in [2.05, 4.69) is 210 Å². The standard InChI is InChI=1S/C87H134O17P2/c1-5-9-13-17-21-25-29-33-37-39-40-42-46-48-52-56-60-64-68-72-85(90)98-78-83(104-87(92)74-70-66-62-58-54-50-44-36-32-28-24-20-16-12-8-4)80-102-106(95,96)100-76-81(88)75-99-105(93,94)101-79-82(103-86(91)73-69-65-61-57-53-49-43-35-31-27-23-19-15-11-7-3)77-97-84(89)71-67-63-59-55-51-47-45-41-38-34-30-26-22-18-14-10-6-2/h9-16,21-28,33-38,40,42-45,47-48,52,54-55,58-60,64,81-83,88H,5-8,17-20,29-32,39,41,46,49-51,53,56-57,61-63,65-80H2,1-4H3,(H,93,94)(H,95,96)/b13-9-,14-10-,15-11-,16-12-,25-21-,26-22-,27-23-,28-24-,37-33-,38-34-,42-40-,43-35-,44-36-,47-45-,52-48-,58-54-,59-55-,64-60-. The summed E-state index contributed by atoms with van der Waals surface area (Å²) in [6.07, 6.45) is 96.7. The third-order valence-electron chi connectivity index (χ3n) is 14.9. The SMILES string of the molecule is CC/C=C\C/C=C\C/C=C\C/C=C\C/C=C\C/C=C\CCC(=O)OCC(COP(=O)(O)OCC(O)COP(=O)(O)OCC(COC(=O)CCC/C=C\C/C=C\C/C=C\C/C=C\C/C=C\CC)OC(=O)CCCCCCC/C=C\C/C=C\C/C=C\CC)OC(=O)CCCC/C=C\C/C=C\C/C=C\C/C=C\CC. The molecular formula is C87H134O17P2. The van der Waals surface area contributed by atoms with E-state index < -0.39 is 97.5 Å². The topological polar surface area (TPSA) is 237 Å². The second kappa shape index (κ2) is 76.6. The molecule has 0 radical (unpaired) electrons. The molecule has 0 fully saturated rings. The Morgan fingerprint density at radius 3 is 0.811 bits per heavy atom. The van der Waals surface area contributed by atoms with Crippen molar-refractivity contribution >= 4 is 39.5 Å². The summed E-state index contributed by atoms with van der Waals surface area (Å²) in [5, 5.41) is 10.6. The molecule has 0 saturated heterocycles. The minimum atomic E-state index is -5.02. The van der Waals surface area contributed by atoms with Crippen LogP contribution >= 0.6 is 15.6 Å². The van der Waals surface area contributed by atoms with Gasteiger partial charge < -0.3 is 33.8 Å². The highest BCUT2D eigenvalue weighted by molar-refractivity contribution is 7.47. The van der Waals surface area contributed by atoms with Gasteiger partial charge in [-0.25, -0.2) is 9.13 Å². The number of esters is 4. The highest BCUT2D eigenvalue weighted by atomic mass is 31.2. The number of hydrogen-bond donors (Lipinski definition) is 3. The fraction of sp³-hybridized carbons (Fsp3) is 0.540. The second-order valence-electron chi connectivity index (χ2n) is 24.8. The Morgan fingerprint density at radius 1 is 0.264 bits per heavy atom. The Kier molecular flexibility index (Phi) is 71.8. The molecule has 0 rings (SSSR count). The molecule has 19 heteroatoms. The molecule has 0 amide bonds. The zero-order valence-corrected chi connectivity index (χ0v) is 66.5. The normalized spacial score (nSPS) is 15.0. The minimum Gasteiger partial charge on any atom is -0.462 e. The van der Waals surface area contributed by atoms with Crippen molar-refractivity contribution in [1.82, 2.24) is 0 Å². The van der Waals surface area contributed by atoms with Crippen LogP contribution in [0.15, 0.2) is 219 Å². The molecule has 0 aromatic carbocycles. The van der Waals surface area contributed by atoms with Crippen molar-refractivity contribution in [2.24, 2.45) is 0 Å². The number of carbonyl (C=O) groups excluding carboxylic acids is 4. The summed E-state index contributed by atoms with van der Waals surface area (Å²) < 4.78 is 68.4. The number of rotatable bonds is 70. The Hall–Kier alpha value is -6.62. The number of phosphoric ester groups is 2. The first kappa shape index (κ1) is 99.4. The van der Waals surface area contributed by atoms with Crippen LogP contribution in [0.3, 0.4) is 0 Å². The van der Waals surface area contributed by atoms with E-state index in [1.165, 1.54) is 0 Å². The second-order valence-corrected chi connectivity index (χ2v) is 27.7. The third-order valence-corrected chi connectivity index (χ3v) is 16.8. The van der Waals surface area contributed by atoms with E-state index in [0.717, 1.165) is 148 Å². The summed E-state index contributed by atoms with van der Waals surface area (Å²) >= 11 is 0. The third kappa shape index (κ3) is 75.6. The van der Waals surface area contributed by atoms with Gasteiger partial charge in [0, 0.05) is 25.7 Å². The molecule has 0 heterocycles. The van der Waals surface area contributed by atoms with Crippen molar-refractivity contribution in [3.8, 4) is 0 Å². The van der Waals surface area contributed by atoms with E-state index in [9.17, 15) is 43.2 Å². The number of ether oxygens (including phenoxy) is 4. The lowest BCUT2D eigenvalue weighted by Gasteiger charge is -2.21. The van der Waals surface area contributed by atoms with Crippen molar-refractivity contribution in [1.29, 1.82) is 0 Å². The largest absolute Gasteiger partial charge is 0.472 e. The Balaban J connectivity index is 5.56. The highest BCUT2D eigenvalue weighted by Crippen LogP contribution is 2.45. The Labute approximate surface area is 639 Å². The van der Waals surface area contributed by atoms with Crippen LogP contribution < -0.4 is 0 Å². The summed E-state index contributed by atoms with van der Waals surface area (Å²) in [4.78, 5) is 72.9. The molecule has 5 atom stereocenters. The van der Waals surface area contributed by atoms with Gasteiger partial charge in [0.15, 0.2) is 12.2 Å². The highest BCUT2D eigenvalue weighted by Gasteiger charge is 2.30. The van der Waals surface area contributed by atoms with Crippen molar-refractivity contribution in [2.75, 3.05) is 39.6 Å². The first-order valence-electron chi connectivity index (χ1n) is 39.0. The maximum absolute atomic E-state index is 13.1. The minimum absolute atomic E-state index is 0.0152. The van der Waals surface area contributed by atoms with E-state index in [-0.39, 0.29) is 25.7 Å². The molecule has 0 aromatic heterocycles. The maximum atomic E-state index is 13.1. The van der Waals surface area contributed by atoms with Gasteiger partial charge >= 0.3 is 39.5 Å². The molecule has 0 bridgehead atoms.